The van der Waals surface area contributed by atoms with Gasteiger partial charge in [0.1, 0.15) is 0 Å². The van der Waals surface area contributed by atoms with E-state index in [1.165, 1.54) is 0 Å². The number of hydrogen-bond donors (Lipinski definition) is 2. The molecule has 9 heteroatoms. The fourth-order valence-corrected chi connectivity index (χ4v) is 2.79. The fourth-order valence-electron chi connectivity index (χ4n) is 1.60. The van der Waals surface area contributed by atoms with Crippen molar-refractivity contribution in [3.63, 3.8) is 0 Å². The maximum atomic E-state index is 12.4. The van der Waals surface area contributed by atoms with Crippen molar-refractivity contribution in [3.8, 4) is 0 Å². The van der Waals surface area contributed by atoms with Gasteiger partial charge in [-0.15, -0.1) is 11.3 Å². The summed E-state index contributed by atoms with van der Waals surface area (Å²) in [4.78, 5) is 15.2. The molecule has 4 nitrogen and oxygen atoms in total. The van der Waals surface area contributed by atoms with E-state index in [2.05, 4.69) is 31.5 Å². The number of alkyl halides is 3. The first-order valence-corrected chi connectivity index (χ1v) is 7.75. The van der Waals surface area contributed by atoms with Crippen LogP contribution >= 0.6 is 27.3 Å². The van der Waals surface area contributed by atoms with Crippen LogP contribution in [0.3, 0.4) is 0 Å². The Morgan fingerprint density at radius 3 is 2.73 bits per heavy atom. The van der Waals surface area contributed by atoms with E-state index >= 15 is 0 Å². The number of amides is 1. The molecule has 0 aliphatic rings. The van der Waals surface area contributed by atoms with E-state index in [1.54, 1.807) is 12.1 Å². The van der Waals surface area contributed by atoms with Crippen molar-refractivity contribution < 1.29 is 18.0 Å². The highest BCUT2D eigenvalue weighted by Crippen LogP contribution is 2.31. The fraction of sp³-hybridized carbons (Fsp3) is 0.231. The molecule has 1 aromatic carbocycles. The second kappa shape index (κ2) is 6.66. The molecule has 2 N–H and O–H groups in total. The number of anilines is 2. The largest absolute Gasteiger partial charge is 0.434 e. The van der Waals surface area contributed by atoms with Crippen LogP contribution in [0, 0.1) is 6.92 Å². The number of benzene rings is 1. The molecule has 0 fully saturated rings. The maximum Gasteiger partial charge on any atom is 0.434 e. The summed E-state index contributed by atoms with van der Waals surface area (Å²) in [6.07, 6.45) is -4.48. The van der Waals surface area contributed by atoms with Crippen LogP contribution in [0.4, 0.5) is 24.0 Å². The Labute approximate surface area is 136 Å². The highest BCUT2D eigenvalue weighted by atomic mass is 79.9. The Morgan fingerprint density at radius 2 is 2.14 bits per heavy atom. The molecule has 0 radical (unpaired) electrons. The molecule has 1 aromatic heterocycles. The van der Waals surface area contributed by atoms with Gasteiger partial charge in [0.2, 0.25) is 5.91 Å². The van der Waals surface area contributed by atoms with Gasteiger partial charge in [0.15, 0.2) is 10.8 Å². The van der Waals surface area contributed by atoms with Crippen LogP contribution < -0.4 is 10.6 Å². The number of rotatable bonds is 4. The third kappa shape index (κ3) is 4.44. The van der Waals surface area contributed by atoms with E-state index in [0.717, 1.165) is 26.8 Å². The zero-order valence-corrected chi connectivity index (χ0v) is 13.7. The zero-order valence-electron chi connectivity index (χ0n) is 11.3. The summed E-state index contributed by atoms with van der Waals surface area (Å²) >= 11 is 4.12. The number of hydrogen-bond acceptors (Lipinski definition) is 4. The van der Waals surface area contributed by atoms with Crippen LogP contribution in [0.25, 0.3) is 0 Å². The van der Waals surface area contributed by atoms with E-state index in [1.807, 2.05) is 13.0 Å². The van der Waals surface area contributed by atoms with Crippen molar-refractivity contribution in [2.75, 3.05) is 17.2 Å². The van der Waals surface area contributed by atoms with Crippen molar-refractivity contribution in [1.82, 2.24) is 4.98 Å². The number of aromatic nitrogens is 1. The molecule has 22 heavy (non-hydrogen) atoms. The van der Waals surface area contributed by atoms with Crippen molar-refractivity contribution in [3.05, 3.63) is 39.3 Å². The number of nitrogens with one attached hydrogen (secondary N) is 2. The molecule has 1 amide bonds. The van der Waals surface area contributed by atoms with E-state index < -0.39 is 11.9 Å². The first-order valence-electron chi connectivity index (χ1n) is 6.08. The predicted molar refractivity (Wildman–Crippen MR) is 83.1 cm³/mol. The molecule has 0 unspecified atom stereocenters. The molecule has 1 heterocycles. The average Bonchev–Trinajstić information content (AvgIpc) is 2.88. The number of carbonyl (C=O) groups excluding carboxylic acids is 1. The van der Waals surface area contributed by atoms with Gasteiger partial charge in [-0.3, -0.25) is 4.79 Å². The first-order chi connectivity index (χ1) is 10.3. The van der Waals surface area contributed by atoms with Crippen molar-refractivity contribution >= 4 is 44.0 Å². The number of thiazole rings is 1. The average molecular weight is 394 g/mol. The number of carbonyl (C=O) groups is 1. The standard InChI is InChI=1S/C13H11BrF3N3OS/c1-7-4-8(14)2-3-9(7)19-11(21)5-18-12-20-10(6-22-12)13(15,16)17/h2-4,6H,5H2,1H3,(H,18,20)(H,19,21). The van der Waals surface area contributed by atoms with Gasteiger partial charge < -0.3 is 10.6 Å². The summed E-state index contributed by atoms with van der Waals surface area (Å²) in [7, 11) is 0. The maximum absolute atomic E-state index is 12.4. The molecule has 118 valence electrons. The van der Waals surface area contributed by atoms with Crippen molar-refractivity contribution in [2.24, 2.45) is 0 Å². The molecule has 0 aliphatic heterocycles. The Balaban J connectivity index is 1.91. The zero-order chi connectivity index (χ0) is 16.3. The highest BCUT2D eigenvalue weighted by molar-refractivity contribution is 9.10. The van der Waals surface area contributed by atoms with Crippen LogP contribution in [0.1, 0.15) is 11.3 Å². The Hall–Kier alpha value is -1.61. The smallest absolute Gasteiger partial charge is 0.352 e. The van der Waals surface area contributed by atoms with E-state index in [-0.39, 0.29) is 17.6 Å². The minimum absolute atomic E-state index is 0.0509. The molecular weight excluding hydrogens is 383 g/mol. The lowest BCUT2D eigenvalue weighted by atomic mass is 10.2. The molecule has 2 aromatic rings. The van der Waals surface area contributed by atoms with Crippen LogP contribution in [0.5, 0.6) is 0 Å². The molecule has 2 rings (SSSR count). The Morgan fingerprint density at radius 1 is 1.41 bits per heavy atom. The third-order valence-corrected chi connectivity index (χ3v) is 3.95. The van der Waals surface area contributed by atoms with Crippen LogP contribution in [0.2, 0.25) is 0 Å². The molecule has 0 aliphatic carbocycles. The van der Waals surface area contributed by atoms with Crippen LogP contribution in [-0.4, -0.2) is 17.4 Å². The lowest BCUT2D eigenvalue weighted by Crippen LogP contribution is -2.22. The van der Waals surface area contributed by atoms with Gasteiger partial charge in [0.05, 0.1) is 6.54 Å². The summed E-state index contributed by atoms with van der Waals surface area (Å²) in [5, 5.41) is 6.20. The molecular formula is C13H11BrF3N3OS. The number of nitrogens with zero attached hydrogens (tertiary/aromatic N) is 1. The van der Waals surface area contributed by atoms with Gasteiger partial charge >= 0.3 is 6.18 Å². The lowest BCUT2D eigenvalue weighted by Gasteiger charge is -2.09. The normalized spacial score (nSPS) is 11.3. The van der Waals surface area contributed by atoms with E-state index in [9.17, 15) is 18.0 Å². The van der Waals surface area contributed by atoms with Gasteiger partial charge in [0, 0.05) is 15.5 Å². The van der Waals surface area contributed by atoms with Crippen LogP contribution in [-0.2, 0) is 11.0 Å². The van der Waals surface area contributed by atoms with E-state index in [4.69, 9.17) is 0 Å². The Bertz CT molecular complexity index is 687. The summed E-state index contributed by atoms with van der Waals surface area (Å²) in [6.45, 7) is 1.67. The summed E-state index contributed by atoms with van der Waals surface area (Å²) in [5.74, 6) is -0.366. The number of aryl methyl sites for hydroxylation is 1. The van der Waals surface area contributed by atoms with Crippen LogP contribution in [0.15, 0.2) is 28.1 Å². The monoisotopic (exact) mass is 393 g/mol. The third-order valence-electron chi connectivity index (χ3n) is 2.66. The summed E-state index contributed by atoms with van der Waals surface area (Å²) in [5.41, 5.74) is 0.547. The first kappa shape index (κ1) is 16.8. The predicted octanol–water partition coefficient (Wildman–Crippen LogP) is 4.28. The lowest BCUT2D eigenvalue weighted by molar-refractivity contribution is -0.140. The quantitative estimate of drug-likeness (QED) is 0.814. The second-order valence-corrected chi connectivity index (χ2v) is 6.17. The second-order valence-electron chi connectivity index (χ2n) is 4.40. The topological polar surface area (TPSA) is 54.0 Å². The minimum atomic E-state index is -4.48. The van der Waals surface area contributed by atoms with Crippen molar-refractivity contribution in [2.45, 2.75) is 13.1 Å². The van der Waals surface area contributed by atoms with Gasteiger partial charge in [0.25, 0.3) is 0 Å². The summed E-state index contributed by atoms with van der Waals surface area (Å²) < 4.78 is 38.1. The van der Waals surface area contributed by atoms with Gasteiger partial charge in [-0.25, -0.2) is 4.98 Å². The van der Waals surface area contributed by atoms with Gasteiger partial charge in [-0.05, 0) is 30.7 Å². The minimum Gasteiger partial charge on any atom is -0.352 e. The molecule has 0 saturated carbocycles. The SMILES string of the molecule is Cc1cc(Br)ccc1NC(=O)CNc1nc(C(F)(F)F)cs1. The molecule has 0 bridgehead atoms. The Kier molecular flexibility index (Phi) is 5.07. The summed E-state index contributed by atoms with van der Waals surface area (Å²) in [6, 6.07) is 5.37. The number of halogens is 4. The molecule has 0 atom stereocenters. The van der Waals surface area contributed by atoms with Crippen molar-refractivity contribution in [1.29, 1.82) is 0 Å². The van der Waals surface area contributed by atoms with Gasteiger partial charge in [-0.2, -0.15) is 13.2 Å². The highest BCUT2D eigenvalue weighted by Gasteiger charge is 2.33. The molecule has 0 spiro atoms. The molecule has 0 saturated heterocycles. The van der Waals surface area contributed by atoms with Gasteiger partial charge in [-0.1, -0.05) is 15.9 Å². The van der Waals surface area contributed by atoms with E-state index in [0.29, 0.717) is 5.69 Å².